The highest BCUT2D eigenvalue weighted by Crippen LogP contribution is 2.36. The number of nitrogens with zero attached hydrogens (tertiary/aromatic N) is 2. The molecule has 0 saturated heterocycles. The number of hydrogen-bond acceptors (Lipinski definition) is 4. The van der Waals surface area contributed by atoms with Gasteiger partial charge < -0.3 is 5.32 Å². The maximum absolute atomic E-state index is 13.5. The molecule has 0 aliphatic carbocycles. The number of nitrogens with one attached hydrogen (secondary N) is 1. The molecular formula is C23H20ClN3O2S. The fourth-order valence-corrected chi connectivity index (χ4v) is 4.69. The summed E-state index contributed by atoms with van der Waals surface area (Å²) in [4.78, 5) is 32.6. The second-order valence-corrected chi connectivity index (χ2v) is 8.60. The molecule has 4 aromatic rings. The molecule has 2 heterocycles. The number of rotatable bonds is 5. The maximum Gasteiger partial charge on any atom is 0.263 e. The number of thiophene rings is 1. The van der Waals surface area contributed by atoms with Crippen molar-refractivity contribution < 1.29 is 4.79 Å². The lowest BCUT2D eigenvalue weighted by Gasteiger charge is -2.17. The first kappa shape index (κ1) is 20.3. The van der Waals surface area contributed by atoms with Gasteiger partial charge in [0, 0.05) is 21.2 Å². The molecular weight excluding hydrogens is 418 g/mol. The van der Waals surface area contributed by atoms with E-state index in [1.165, 1.54) is 22.2 Å². The molecule has 1 N–H and O–H groups in total. The predicted molar refractivity (Wildman–Crippen MR) is 123 cm³/mol. The first-order valence-corrected chi connectivity index (χ1v) is 10.8. The summed E-state index contributed by atoms with van der Waals surface area (Å²) in [7, 11) is 0. The Hall–Kier alpha value is -2.96. The van der Waals surface area contributed by atoms with E-state index in [-0.39, 0.29) is 11.5 Å². The minimum atomic E-state index is -0.659. The van der Waals surface area contributed by atoms with Gasteiger partial charge in [0.05, 0.1) is 11.7 Å². The first-order valence-electron chi connectivity index (χ1n) is 9.61. The quantitative estimate of drug-likeness (QED) is 0.437. The van der Waals surface area contributed by atoms with Crippen molar-refractivity contribution in [2.45, 2.75) is 26.3 Å². The number of benzene rings is 2. The second kappa shape index (κ2) is 8.42. The van der Waals surface area contributed by atoms with Gasteiger partial charge in [-0.25, -0.2) is 4.98 Å². The average Bonchev–Trinajstić information content (AvgIpc) is 3.08. The number of carbonyl (C=O) groups excluding carboxylic acids is 1. The summed E-state index contributed by atoms with van der Waals surface area (Å²) in [6.45, 7) is 3.85. The summed E-state index contributed by atoms with van der Waals surface area (Å²) in [6.07, 6.45) is 1.94. The van der Waals surface area contributed by atoms with Gasteiger partial charge in [0.25, 0.3) is 5.56 Å². The van der Waals surface area contributed by atoms with Crippen LogP contribution in [0, 0.1) is 6.92 Å². The van der Waals surface area contributed by atoms with Crippen LogP contribution in [0.25, 0.3) is 21.3 Å². The standard InChI is InChI=1S/C23H20ClN3O2S/c1-3-18(21(28)26-17-7-5-4-6-8-17)27-13-25-22-20(23(27)29)19(14(2)30-22)15-9-11-16(24)12-10-15/h4-13,18H,3H2,1-2H3,(H,26,28). The molecule has 0 bridgehead atoms. The monoisotopic (exact) mass is 437 g/mol. The molecule has 1 unspecified atom stereocenters. The van der Waals surface area contributed by atoms with E-state index in [2.05, 4.69) is 10.3 Å². The molecule has 2 aromatic heterocycles. The van der Waals surface area contributed by atoms with Gasteiger partial charge in [0.15, 0.2) is 0 Å². The van der Waals surface area contributed by atoms with Gasteiger partial charge in [0.1, 0.15) is 10.9 Å². The van der Waals surface area contributed by atoms with E-state index >= 15 is 0 Å². The molecule has 0 aliphatic heterocycles. The fourth-order valence-electron chi connectivity index (χ4n) is 3.56. The highest BCUT2D eigenvalue weighted by atomic mass is 35.5. The number of para-hydroxylation sites is 1. The lowest BCUT2D eigenvalue weighted by atomic mass is 10.0. The van der Waals surface area contributed by atoms with E-state index < -0.39 is 6.04 Å². The summed E-state index contributed by atoms with van der Waals surface area (Å²) < 4.78 is 1.44. The van der Waals surface area contributed by atoms with Gasteiger partial charge >= 0.3 is 0 Å². The van der Waals surface area contributed by atoms with Crippen molar-refractivity contribution in [1.29, 1.82) is 0 Å². The van der Waals surface area contributed by atoms with Crippen LogP contribution in [-0.2, 0) is 4.79 Å². The fraction of sp³-hybridized carbons (Fsp3) is 0.174. The topological polar surface area (TPSA) is 64.0 Å². The van der Waals surface area contributed by atoms with E-state index in [0.717, 1.165) is 16.0 Å². The van der Waals surface area contributed by atoms with Gasteiger partial charge in [-0.1, -0.05) is 48.9 Å². The normalized spacial score (nSPS) is 12.1. The van der Waals surface area contributed by atoms with Crippen LogP contribution >= 0.6 is 22.9 Å². The van der Waals surface area contributed by atoms with Crippen molar-refractivity contribution in [2.24, 2.45) is 0 Å². The summed E-state index contributed by atoms with van der Waals surface area (Å²) in [6, 6.07) is 15.9. The Morgan fingerprint density at radius 1 is 1.17 bits per heavy atom. The Morgan fingerprint density at radius 2 is 1.87 bits per heavy atom. The first-order chi connectivity index (χ1) is 14.5. The predicted octanol–water partition coefficient (Wildman–Crippen LogP) is 5.68. The Labute approximate surface area is 183 Å². The van der Waals surface area contributed by atoms with Crippen molar-refractivity contribution in [3.63, 3.8) is 0 Å². The van der Waals surface area contributed by atoms with Gasteiger partial charge in [-0.2, -0.15) is 0 Å². The zero-order valence-electron chi connectivity index (χ0n) is 16.6. The van der Waals surface area contributed by atoms with E-state index in [4.69, 9.17) is 11.6 Å². The molecule has 2 aromatic carbocycles. The van der Waals surface area contributed by atoms with Crippen LogP contribution in [0.2, 0.25) is 5.02 Å². The molecule has 0 aliphatic rings. The maximum atomic E-state index is 13.5. The smallest absolute Gasteiger partial charge is 0.263 e. The summed E-state index contributed by atoms with van der Waals surface area (Å²) in [5, 5.41) is 4.06. The van der Waals surface area contributed by atoms with Crippen LogP contribution in [0.4, 0.5) is 5.69 Å². The number of hydrogen-bond donors (Lipinski definition) is 1. The van der Waals surface area contributed by atoms with Gasteiger partial charge in [-0.3, -0.25) is 14.2 Å². The molecule has 1 atom stereocenters. The summed E-state index contributed by atoms with van der Waals surface area (Å²) in [5.74, 6) is -0.244. The SMILES string of the molecule is CCC(C(=O)Nc1ccccc1)n1cnc2sc(C)c(-c3ccc(Cl)cc3)c2c1=O. The van der Waals surface area contributed by atoms with Crippen molar-refractivity contribution in [2.75, 3.05) is 5.32 Å². The molecule has 0 saturated carbocycles. The zero-order valence-corrected chi connectivity index (χ0v) is 18.1. The molecule has 7 heteroatoms. The molecule has 0 spiro atoms. The van der Waals surface area contributed by atoms with Crippen molar-refractivity contribution >= 4 is 44.7 Å². The molecule has 1 amide bonds. The molecule has 30 heavy (non-hydrogen) atoms. The molecule has 4 rings (SSSR count). The molecule has 0 fully saturated rings. The van der Waals surface area contributed by atoms with Crippen molar-refractivity contribution in [1.82, 2.24) is 9.55 Å². The summed E-state index contributed by atoms with van der Waals surface area (Å²) in [5.41, 5.74) is 2.22. The lowest BCUT2D eigenvalue weighted by Crippen LogP contribution is -2.33. The number of anilines is 1. The number of amides is 1. The van der Waals surface area contributed by atoms with Crippen LogP contribution < -0.4 is 10.9 Å². The second-order valence-electron chi connectivity index (χ2n) is 6.96. The minimum Gasteiger partial charge on any atom is -0.324 e. The Kier molecular flexibility index (Phi) is 5.70. The number of aromatic nitrogens is 2. The van der Waals surface area contributed by atoms with Crippen LogP contribution in [0.15, 0.2) is 65.7 Å². The largest absolute Gasteiger partial charge is 0.324 e. The van der Waals surface area contributed by atoms with Crippen LogP contribution in [0.5, 0.6) is 0 Å². The van der Waals surface area contributed by atoms with E-state index in [0.29, 0.717) is 27.3 Å². The third kappa shape index (κ3) is 3.76. The van der Waals surface area contributed by atoms with Crippen molar-refractivity contribution in [3.8, 4) is 11.1 Å². The van der Waals surface area contributed by atoms with Crippen molar-refractivity contribution in [3.05, 3.63) is 81.2 Å². The average molecular weight is 438 g/mol. The minimum absolute atomic E-state index is 0.218. The van der Waals surface area contributed by atoms with Gasteiger partial charge in [-0.15, -0.1) is 11.3 Å². The zero-order chi connectivity index (χ0) is 21.3. The third-order valence-electron chi connectivity index (χ3n) is 5.01. The highest BCUT2D eigenvalue weighted by molar-refractivity contribution is 7.19. The van der Waals surface area contributed by atoms with Crippen LogP contribution in [-0.4, -0.2) is 15.5 Å². The van der Waals surface area contributed by atoms with E-state index in [1.54, 1.807) is 12.1 Å². The molecule has 152 valence electrons. The Balaban J connectivity index is 1.80. The summed E-state index contributed by atoms with van der Waals surface area (Å²) >= 11 is 7.50. The van der Waals surface area contributed by atoms with Crippen LogP contribution in [0.1, 0.15) is 24.3 Å². The van der Waals surface area contributed by atoms with Crippen LogP contribution in [0.3, 0.4) is 0 Å². The molecule has 0 radical (unpaired) electrons. The number of fused-ring (bicyclic) bond motifs is 1. The van der Waals surface area contributed by atoms with Gasteiger partial charge in [0.2, 0.25) is 5.91 Å². The number of halogens is 1. The third-order valence-corrected chi connectivity index (χ3v) is 6.28. The van der Waals surface area contributed by atoms with E-state index in [1.807, 2.05) is 56.3 Å². The van der Waals surface area contributed by atoms with E-state index in [9.17, 15) is 9.59 Å². The number of aryl methyl sites for hydroxylation is 1. The Bertz CT molecular complexity index is 1260. The number of carbonyl (C=O) groups is 1. The lowest BCUT2D eigenvalue weighted by molar-refractivity contribution is -0.119. The highest BCUT2D eigenvalue weighted by Gasteiger charge is 2.24. The Morgan fingerprint density at radius 3 is 2.53 bits per heavy atom. The molecule has 5 nitrogen and oxygen atoms in total. The van der Waals surface area contributed by atoms with Gasteiger partial charge in [-0.05, 0) is 43.2 Å².